The number of hydrogen-bond donors (Lipinski definition) is 1. The average molecular weight is 384 g/mol. The molecule has 5 nitrogen and oxygen atoms in total. The number of primary amides is 1. The molecule has 0 spiro atoms. The van der Waals surface area contributed by atoms with Crippen molar-refractivity contribution in [1.29, 1.82) is 0 Å². The van der Waals surface area contributed by atoms with Gasteiger partial charge in [-0.05, 0) is 30.7 Å². The number of pyridine rings is 1. The summed E-state index contributed by atoms with van der Waals surface area (Å²) in [7, 11) is 0. The zero-order valence-corrected chi connectivity index (χ0v) is 14.3. The molecule has 2 N–H and O–H groups in total. The van der Waals surface area contributed by atoms with Gasteiger partial charge in [-0.15, -0.1) is 0 Å². The first-order valence-electron chi connectivity index (χ1n) is 7.10. The van der Waals surface area contributed by atoms with Gasteiger partial charge in [-0.3, -0.25) is 0 Å². The quantitative estimate of drug-likeness (QED) is 0.822. The van der Waals surface area contributed by atoms with E-state index in [2.05, 4.69) is 25.8 Å². The minimum Gasteiger partial charge on any atom is -0.355 e. The van der Waals surface area contributed by atoms with Crippen molar-refractivity contribution in [2.45, 2.75) is 6.42 Å². The summed E-state index contributed by atoms with van der Waals surface area (Å²) in [6.07, 6.45) is 0.872. The van der Waals surface area contributed by atoms with Crippen molar-refractivity contribution >= 4 is 50.3 Å². The van der Waals surface area contributed by atoms with Gasteiger partial charge in [-0.2, -0.15) is 0 Å². The maximum absolute atomic E-state index is 11.3. The number of amides is 2. The molecule has 1 aromatic carbocycles. The molecule has 1 aromatic heterocycles. The van der Waals surface area contributed by atoms with Crippen LogP contribution in [0.3, 0.4) is 0 Å². The summed E-state index contributed by atoms with van der Waals surface area (Å²) in [6, 6.07) is 7.49. The van der Waals surface area contributed by atoms with E-state index in [1.807, 2.05) is 24.3 Å². The molecule has 3 rings (SSSR count). The predicted octanol–water partition coefficient (Wildman–Crippen LogP) is 3.24. The number of benzene rings is 1. The fourth-order valence-corrected chi connectivity index (χ4v) is 3.57. The SMILES string of the molecule is NC(=O)N1CCCN(c2ccc3cc(Br)cc(Cl)c3n2)CC1. The van der Waals surface area contributed by atoms with Crippen LogP contribution >= 0.6 is 27.5 Å². The maximum atomic E-state index is 11.3. The molecule has 1 saturated heterocycles. The summed E-state index contributed by atoms with van der Waals surface area (Å²) in [6.45, 7) is 2.86. The average Bonchev–Trinajstić information content (AvgIpc) is 2.73. The van der Waals surface area contributed by atoms with Gasteiger partial charge in [0, 0.05) is 36.0 Å². The molecule has 0 radical (unpaired) electrons. The number of nitrogens with two attached hydrogens (primary N) is 1. The summed E-state index contributed by atoms with van der Waals surface area (Å²) in [4.78, 5) is 19.8. The number of carbonyl (C=O) groups excluding carboxylic acids is 1. The molecule has 0 atom stereocenters. The summed E-state index contributed by atoms with van der Waals surface area (Å²) in [5, 5.41) is 1.62. The van der Waals surface area contributed by atoms with E-state index in [0.717, 1.165) is 40.7 Å². The summed E-state index contributed by atoms with van der Waals surface area (Å²) >= 11 is 9.73. The van der Waals surface area contributed by atoms with Crippen molar-refractivity contribution in [3.05, 3.63) is 33.8 Å². The van der Waals surface area contributed by atoms with Gasteiger partial charge in [-0.25, -0.2) is 9.78 Å². The molecular weight excluding hydrogens is 368 g/mol. The first-order chi connectivity index (χ1) is 10.5. The Balaban J connectivity index is 1.88. The number of nitrogens with zero attached hydrogens (tertiary/aromatic N) is 3. The first-order valence-corrected chi connectivity index (χ1v) is 8.27. The lowest BCUT2D eigenvalue weighted by Gasteiger charge is -2.22. The number of aromatic nitrogens is 1. The molecule has 2 amide bonds. The summed E-state index contributed by atoms with van der Waals surface area (Å²) in [5.41, 5.74) is 6.15. The highest BCUT2D eigenvalue weighted by molar-refractivity contribution is 9.10. The molecule has 0 bridgehead atoms. The third-order valence-corrected chi connectivity index (χ3v) is 4.57. The Bertz CT molecular complexity index is 724. The maximum Gasteiger partial charge on any atom is 0.314 e. The van der Waals surface area contributed by atoms with E-state index in [9.17, 15) is 4.79 Å². The number of carbonyl (C=O) groups is 1. The number of fused-ring (bicyclic) bond motifs is 1. The number of halogens is 2. The molecule has 0 aliphatic carbocycles. The van der Waals surface area contributed by atoms with Crippen molar-refractivity contribution in [3.8, 4) is 0 Å². The van der Waals surface area contributed by atoms with Gasteiger partial charge in [0.15, 0.2) is 0 Å². The Kier molecular flexibility index (Phi) is 4.40. The van der Waals surface area contributed by atoms with Crippen LogP contribution in [-0.2, 0) is 0 Å². The lowest BCUT2D eigenvalue weighted by Crippen LogP contribution is -2.38. The Hall–Kier alpha value is -1.53. The van der Waals surface area contributed by atoms with Crippen molar-refractivity contribution < 1.29 is 4.79 Å². The van der Waals surface area contributed by atoms with E-state index in [0.29, 0.717) is 18.1 Å². The zero-order valence-electron chi connectivity index (χ0n) is 11.9. The van der Waals surface area contributed by atoms with Gasteiger partial charge < -0.3 is 15.5 Å². The van der Waals surface area contributed by atoms with Crippen LogP contribution in [0, 0.1) is 0 Å². The highest BCUT2D eigenvalue weighted by Crippen LogP contribution is 2.28. The molecule has 2 aromatic rings. The third-order valence-electron chi connectivity index (χ3n) is 3.83. The summed E-state index contributed by atoms with van der Waals surface area (Å²) < 4.78 is 0.937. The highest BCUT2D eigenvalue weighted by Gasteiger charge is 2.18. The van der Waals surface area contributed by atoms with Gasteiger partial charge in [0.25, 0.3) is 0 Å². The molecule has 116 valence electrons. The second kappa shape index (κ2) is 6.30. The molecule has 22 heavy (non-hydrogen) atoms. The van der Waals surface area contributed by atoms with Gasteiger partial charge in [0.1, 0.15) is 5.82 Å². The van der Waals surface area contributed by atoms with Crippen LogP contribution < -0.4 is 10.6 Å². The second-order valence-electron chi connectivity index (χ2n) is 5.29. The minimum absolute atomic E-state index is 0.360. The Morgan fingerprint density at radius 2 is 2.05 bits per heavy atom. The van der Waals surface area contributed by atoms with Crippen molar-refractivity contribution in [1.82, 2.24) is 9.88 Å². The Labute approximate surface area is 142 Å². The lowest BCUT2D eigenvalue weighted by molar-refractivity contribution is 0.211. The molecule has 2 heterocycles. The molecular formula is C15H16BrClN4O. The second-order valence-corrected chi connectivity index (χ2v) is 6.62. The van der Waals surface area contributed by atoms with Crippen LogP contribution in [-0.4, -0.2) is 42.1 Å². The van der Waals surface area contributed by atoms with Crippen LogP contribution in [0.5, 0.6) is 0 Å². The van der Waals surface area contributed by atoms with Gasteiger partial charge >= 0.3 is 6.03 Å². The Morgan fingerprint density at radius 3 is 2.82 bits per heavy atom. The highest BCUT2D eigenvalue weighted by atomic mass is 79.9. The molecule has 1 aliphatic heterocycles. The van der Waals surface area contributed by atoms with Crippen LogP contribution in [0.15, 0.2) is 28.7 Å². The fourth-order valence-electron chi connectivity index (χ4n) is 2.69. The van der Waals surface area contributed by atoms with E-state index >= 15 is 0 Å². The van der Waals surface area contributed by atoms with E-state index in [1.165, 1.54) is 0 Å². The molecule has 1 fully saturated rings. The van der Waals surface area contributed by atoms with E-state index < -0.39 is 0 Å². The van der Waals surface area contributed by atoms with Gasteiger partial charge in [-0.1, -0.05) is 27.5 Å². The fraction of sp³-hybridized carbons (Fsp3) is 0.333. The number of anilines is 1. The number of rotatable bonds is 1. The van der Waals surface area contributed by atoms with Crippen LogP contribution in [0.25, 0.3) is 10.9 Å². The third kappa shape index (κ3) is 3.13. The predicted molar refractivity (Wildman–Crippen MR) is 92.4 cm³/mol. The molecule has 7 heteroatoms. The minimum atomic E-state index is -0.360. The number of hydrogen-bond acceptors (Lipinski definition) is 3. The van der Waals surface area contributed by atoms with Crippen molar-refractivity contribution in [2.75, 3.05) is 31.1 Å². The van der Waals surface area contributed by atoms with Crippen LogP contribution in [0.1, 0.15) is 6.42 Å². The lowest BCUT2D eigenvalue weighted by atomic mass is 10.2. The van der Waals surface area contributed by atoms with E-state index in [4.69, 9.17) is 17.3 Å². The van der Waals surface area contributed by atoms with Gasteiger partial charge in [0.05, 0.1) is 10.5 Å². The van der Waals surface area contributed by atoms with Crippen molar-refractivity contribution in [3.63, 3.8) is 0 Å². The summed E-state index contributed by atoms with van der Waals surface area (Å²) in [5.74, 6) is 0.878. The Morgan fingerprint density at radius 1 is 1.23 bits per heavy atom. The van der Waals surface area contributed by atoms with E-state index in [1.54, 1.807) is 4.90 Å². The molecule has 1 aliphatic rings. The monoisotopic (exact) mass is 382 g/mol. The van der Waals surface area contributed by atoms with Crippen LogP contribution in [0.2, 0.25) is 5.02 Å². The van der Waals surface area contributed by atoms with E-state index in [-0.39, 0.29) is 6.03 Å². The molecule has 0 saturated carbocycles. The smallest absolute Gasteiger partial charge is 0.314 e. The number of urea groups is 1. The largest absolute Gasteiger partial charge is 0.355 e. The zero-order chi connectivity index (χ0) is 15.7. The standard InChI is InChI=1S/C15H16BrClN4O/c16-11-8-10-2-3-13(19-14(10)12(17)9-11)20-4-1-5-21(7-6-20)15(18)22/h2-3,8-9H,1,4-7H2,(H2,18,22). The first kappa shape index (κ1) is 15.4. The van der Waals surface area contributed by atoms with Crippen LogP contribution in [0.4, 0.5) is 10.6 Å². The molecule has 0 unspecified atom stereocenters. The van der Waals surface area contributed by atoms with Crippen molar-refractivity contribution in [2.24, 2.45) is 5.73 Å². The van der Waals surface area contributed by atoms with Gasteiger partial charge in [0.2, 0.25) is 0 Å². The normalized spacial score (nSPS) is 15.9. The topological polar surface area (TPSA) is 62.5 Å².